The smallest absolute Gasteiger partial charge is 0.249 e. The van der Waals surface area contributed by atoms with E-state index in [-0.39, 0.29) is 11.4 Å². The lowest BCUT2D eigenvalue weighted by molar-refractivity contribution is 0.628. The van der Waals surface area contributed by atoms with Gasteiger partial charge in [-0.05, 0) is 36.4 Å². The Morgan fingerprint density at radius 1 is 1.00 bits per heavy atom. The lowest BCUT2D eigenvalue weighted by Crippen LogP contribution is -2.04. The van der Waals surface area contributed by atoms with Crippen LogP contribution in [0.4, 0.5) is 4.39 Å². The van der Waals surface area contributed by atoms with Crippen molar-refractivity contribution in [3.63, 3.8) is 0 Å². The molecule has 5 rings (SSSR count). The van der Waals surface area contributed by atoms with Crippen LogP contribution >= 0.6 is 0 Å². The van der Waals surface area contributed by atoms with Gasteiger partial charge < -0.3 is 9.38 Å². The number of nitrogens with one attached hydrogen (secondary N) is 1. The average Bonchev–Trinajstić information content (AvgIpc) is 3.14. The molecule has 27 heavy (non-hydrogen) atoms. The average molecular weight is 356 g/mol. The molecule has 5 aromatic rings. The Balaban J connectivity index is 1.84. The van der Waals surface area contributed by atoms with Crippen LogP contribution in [0.2, 0.25) is 0 Å². The number of aromatic nitrogens is 4. The molecule has 0 aliphatic heterocycles. The van der Waals surface area contributed by atoms with Crippen LogP contribution in [0.5, 0.6) is 0 Å². The van der Waals surface area contributed by atoms with Gasteiger partial charge in [-0.1, -0.05) is 12.1 Å². The van der Waals surface area contributed by atoms with Gasteiger partial charge >= 0.3 is 0 Å². The Hall–Kier alpha value is -3.80. The van der Waals surface area contributed by atoms with Gasteiger partial charge in [0.05, 0.1) is 5.69 Å². The third-order valence-corrected chi connectivity index (χ3v) is 4.51. The number of hydrogen-bond donors (Lipinski definition) is 1. The van der Waals surface area contributed by atoms with E-state index in [0.29, 0.717) is 16.9 Å². The van der Waals surface area contributed by atoms with Crippen LogP contribution in [0.1, 0.15) is 0 Å². The number of imidazole rings is 1. The summed E-state index contributed by atoms with van der Waals surface area (Å²) in [6, 6.07) is 15.3. The summed E-state index contributed by atoms with van der Waals surface area (Å²) >= 11 is 0. The first-order chi connectivity index (χ1) is 13.2. The van der Waals surface area contributed by atoms with Crippen LogP contribution in [0.25, 0.3) is 39.1 Å². The second kappa shape index (κ2) is 5.88. The first-order valence-corrected chi connectivity index (χ1v) is 8.40. The molecule has 4 aromatic heterocycles. The van der Waals surface area contributed by atoms with E-state index in [2.05, 4.69) is 15.0 Å². The number of benzene rings is 1. The zero-order valence-corrected chi connectivity index (χ0v) is 14.1. The Morgan fingerprint density at radius 2 is 1.93 bits per heavy atom. The van der Waals surface area contributed by atoms with Crippen LogP contribution in [0.3, 0.4) is 0 Å². The molecule has 1 aromatic carbocycles. The molecule has 0 aliphatic rings. The van der Waals surface area contributed by atoms with Gasteiger partial charge in [-0.3, -0.25) is 4.79 Å². The van der Waals surface area contributed by atoms with Crippen molar-refractivity contribution in [2.75, 3.05) is 0 Å². The highest BCUT2D eigenvalue weighted by Crippen LogP contribution is 2.33. The van der Waals surface area contributed by atoms with Gasteiger partial charge in [0, 0.05) is 46.7 Å². The zero-order valence-electron chi connectivity index (χ0n) is 14.1. The highest BCUT2D eigenvalue weighted by atomic mass is 19.1. The second-order valence-corrected chi connectivity index (χ2v) is 6.27. The minimum Gasteiger partial charge on any atom is -0.307 e. The molecule has 0 atom stereocenters. The number of rotatable bonds is 2. The van der Waals surface area contributed by atoms with Crippen molar-refractivity contribution < 1.29 is 4.39 Å². The first-order valence-electron chi connectivity index (χ1n) is 8.40. The topological polar surface area (TPSA) is 63.1 Å². The lowest BCUT2D eigenvalue weighted by atomic mass is 9.99. The summed E-state index contributed by atoms with van der Waals surface area (Å²) in [7, 11) is 0. The van der Waals surface area contributed by atoms with Crippen LogP contribution in [0, 0.1) is 5.82 Å². The zero-order chi connectivity index (χ0) is 18.4. The van der Waals surface area contributed by atoms with Crippen molar-refractivity contribution in [2.24, 2.45) is 0 Å². The molecule has 6 heteroatoms. The highest BCUT2D eigenvalue weighted by Gasteiger charge is 2.13. The van der Waals surface area contributed by atoms with Gasteiger partial charge in [0.25, 0.3) is 0 Å². The number of halogens is 1. The van der Waals surface area contributed by atoms with Crippen molar-refractivity contribution in [1.29, 1.82) is 0 Å². The summed E-state index contributed by atoms with van der Waals surface area (Å²) in [6.07, 6.45) is 5.56. The van der Waals surface area contributed by atoms with Gasteiger partial charge in [0.2, 0.25) is 5.56 Å². The van der Waals surface area contributed by atoms with Crippen LogP contribution in [-0.2, 0) is 0 Å². The lowest BCUT2D eigenvalue weighted by Gasteiger charge is -2.12. The van der Waals surface area contributed by atoms with E-state index >= 15 is 0 Å². The summed E-state index contributed by atoms with van der Waals surface area (Å²) in [5.41, 5.74) is 4.08. The molecule has 0 aliphatic carbocycles. The quantitative estimate of drug-likeness (QED) is 0.519. The molecular formula is C21H13FN4O. The number of H-pyrrole nitrogens is 1. The normalized spacial score (nSPS) is 11.3. The number of nitrogens with zero attached hydrogens (tertiary/aromatic N) is 3. The van der Waals surface area contributed by atoms with Crippen molar-refractivity contribution in [1.82, 2.24) is 19.4 Å². The van der Waals surface area contributed by atoms with E-state index in [1.165, 1.54) is 18.2 Å². The monoisotopic (exact) mass is 356 g/mol. The molecule has 0 bridgehead atoms. The molecule has 0 saturated carbocycles. The van der Waals surface area contributed by atoms with Crippen molar-refractivity contribution in [3.8, 4) is 22.4 Å². The maximum absolute atomic E-state index is 13.8. The van der Waals surface area contributed by atoms with E-state index in [4.69, 9.17) is 0 Å². The van der Waals surface area contributed by atoms with Crippen molar-refractivity contribution >= 4 is 16.7 Å². The van der Waals surface area contributed by atoms with Gasteiger partial charge in [-0.15, -0.1) is 0 Å². The van der Waals surface area contributed by atoms with Crippen molar-refractivity contribution in [2.45, 2.75) is 0 Å². The number of aromatic amines is 1. The Kier molecular flexibility index (Phi) is 3.36. The van der Waals surface area contributed by atoms with E-state index in [0.717, 1.165) is 22.2 Å². The summed E-state index contributed by atoms with van der Waals surface area (Å²) in [4.78, 5) is 23.3. The summed E-state index contributed by atoms with van der Waals surface area (Å²) < 4.78 is 15.8. The SMILES string of the molecule is O=c1ccc2cc(-c3ccc4nccn4c3)c(-c3cccc(F)c3)nc2[nH]1. The molecule has 0 unspecified atom stereocenters. The Morgan fingerprint density at radius 3 is 2.81 bits per heavy atom. The summed E-state index contributed by atoms with van der Waals surface area (Å²) in [5.74, 6) is -0.341. The largest absolute Gasteiger partial charge is 0.307 e. The molecule has 130 valence electrons. The number of fused-ring (bicyclic) bond motifs is 2. The minimum absolute atomic E-state index is 0.229. The van der Waals surface area contributed by atoms with Gasteiger partial charge in [-0.2, -0.15) is 0 Å². The standard InChI is InChI=1S/C21H13FN4O/c22-16-3-1-2-13(10-16)20-17(11-14-5-7-19(27)24-21(14)25-20)15-4-6-18-23-8-9-26(18)12-15/h1-12H,(H,24,25,27). The summed E-state index contributed by atoms with van der Waals surface area (Å²) in [6.45, 7) is 0. The van der Waals surface area contributed by atoms with E-state index in [1.807, 2.05) is 35.0 Å². The van der Waals surface area contributed by atoms with E-state index in [9.17, 15) is 9.18 Å². The van der Waals surface area contributed by atoms with E-state index < -0.39 is 0 Å². The van der Waals surface area contributed by atoms with Crippen molar-refractivity contribution in [3.05, 3.63) is 89.4 Å². The maximum atomic E-state index is 13.8. The molecule has 0 spiro atoms. The highest BCUT2D eigenvalue weighted by molar-refractivity contribution is 5.90. The Labute approximate surface area is 152 Å². The molecule has 0 radical (unpaired) electrons. The fourth-order valence-corrected chi connectivity index (χ4v) is 3.24. The third-order valence-electron chi connectivity index (χ3n) is 4.51. The van der Waals surface area contributed by atoms with Crippen LogP contribution in [-0.4, -0.2) is 19.4 Å². The van der Waals surface area contributed by atoms with Gasteiger partial charge in [-0.25, -0.2) is 14.4 Å². The van der Waals surface area contributed by atoms with Gasteiger partial charge in [0.1, 0.15) is 17.1 Å². The van der Waals surface area contributed by atoms with Crippen LogP contribution < -0.4 is 5.56 Å². The first kappa shape index (κ1) is 15.5. The molecule has 4 heterocycles. The molecule has 5 nitrogen and oxygen atoms in total. The fourth-order valence-electron chi connectivity index (χ4n) is 3.24. The maximum Gasteiger partial charge on any atom is 0.249 e. The molecule has 0 fully saturated rings. The predicted molar refractivity (Wildman–Crippen MR) is 102 cm³/mol. The minimum atomic E-state index is -0.341. The van der Waals surface area contributed by atoms with Gasteiger partial charge in [0.15, 0.2) is 0 Å². The second-order valence-electron chi connectivity index (χ2n) is 6.27. The molecule has 0 amide bonds. The summed E-state index contributed by atoms with van der Waals surface area (Å²) in [5, 5.41) is 0.801. The molecular weight excluding hydrogens is 343 g/mol. The molecule has 0 saturated heterocycles. The third kappa shape index (κ3) is 2.67. The number of pyridine rings is 3. The molecule has 1 N–H and O–H groups in total. The predicted octanol–water partition coefficient (Wildman–Crippen LogP) is 4.04. The van der Waals surface area contributed by atoms with E-state index in [1.54, 1.807) is 24.4 Å². The number of hydrogen-bond acceptors (Lipinski definition) is 3. The fraction of sp³-hybridized carbons (Fsp3) is 0. The Bertz CT molecular complexity index is 1370. The van der Waals surface area contributed by atoms with Crippen LogP contribution in [0.15, 0.2) is 78.0 Å².